The second kappa shape index (κ2) is 1.76. The molecule has 0 aromatic heterocycles. The number of rotatable bonds is 0. The van der Waals surface area contributed by atoms with Crippen molar-refractivity contribution in [1.82, 2.24) is 0 Å². The number of halogens is 2. The molecule has 0 aliphatic heterocycles. The molecule has 1 fully saturated rings. The van der Waals surface area contributed by atoms with E-state index in [1.54, 1.807) is 0 Å². The van der Waals surface area contributed by atoms with Gasteiger partial charge in [0.1, 0.15) is 0 Å². The fourth-order valence-electron chi connectivity index (χ4n) is 1.58. The van der Waals surface area contributed by atoms with Gasteiger partial charge in [-0.3, -0.25) is 0 Å². The lowest BCUT2D eigenvalue weighted by molar-refractivity contribution is 0.291. The van der Waals surface area contributed by atoms with Gasteiger partial charge in [-0.1, -0.05) is 28.1 Å². The lowest BCUT2D eigenvalue weighted by atomic mass is 9.75. The zero-order chi connectivity index (χ0) is 6.48. The molecule has 50 valence electrons. The lowest BCUT2D eigenvalue weighted by Gasteiger charge is -2.41. The minimum atomic E-state index is 0.0694. The predicted octanol–water partition coefficient (Wildman–Crippen LogP) is 2.71. The quantitative estimate of drug-likeness (QED) is 0.423. The molecule has 0 heterocycles. The second-order valence-corrected chi connectivity index (χ2v) is 4.55. The van der Waals surface area contributed by atoms with Gasteiger partial charge in [0, 0.05) is 0 Å². The van der Waals surface area contributed by atoms with Gasteiger partial charge in [-0.05, 0) is 18.8 Å². The molecule has 1 saturated carbocycles. The molecule has 2 aliphatic carbocycles. The molecule has 0 aromatic rings. The summed E-state index contributed by atoms with van der Waals surface area (Å²) in [6.45, 7) is 0. The van der Waals surface area contributed by atoms with Gasteiger partial charge in [0.15, 0.2) is 0 Å². The molecule has 0 aromatic carbocycles. The monoisotopic (exact) mass is 206 g/mol. The standard InChI is InChI=1S/C7H8BrCl/c8-6-2-1-5-3-4-7(5,6)9/h1-2,5-6H,3-4H2. The Bertz CT molecular complexity index is 156. The minimum absolute atomic E-state index is 0.0694. The molecule has 0 bridgehead atoms. The summed E-state index contributed by atoms with van der Waals surface area (Å²) in [4.78, 5) is 0.491. The summed E-state index contributed by atoms with van der Waals surface area (Å²) in [6.07, 6.45) is 6.85. The highest BCUT2D eigenvalue weighted by atomic mass is 79.9. The Morgan fingerprint density at radius 1 is 1.56 bits per heavy atom. The zero-order valence-corrected chi connectivity index (χ0v) is 7.32. The van der Waals surface area contributed by atoms with Crippen molar-refractivity contribution in [2.45, 2.75) is 22.5 Å². The summed E-state index contributed by atoms with van der Waals surface area (Å²) in [6, 6.07) is 0. The van der Waals surface area contributed by atoms with Crippen molar-refractivity contribution >= 4 is 27.5 Å². The van der Waals surface area contributed by atoms with E-state index in [0.29, 0.717) is 10.7 Å². The Morgan fingerprint density at radius 2 is 2.33 bits per heavy atom. The Hall–Kier alpha value is 0.510. The van der Waals surface area contributed by atoms with E-state index in [-0.39, 0.29) is 4.87 Å². The van der Waals surface area contributed by atoms with Crippen molar-refractivity contribution in [2.75, 3.05) is 0 Å². The highest BCUT2D eigenvalue weighted by Crippen LogP contribution is 2.53. The van der Waals surface area contributed by atoms with Crippen LogP contribution < -0.4 is 0 Å². The van der Waals surface area contributed by atoms with Gasteiger partial charge in [0.2, 0.25) is 0 Å². The summed E-state index contributed by atoms with van der Waals surface area (Å²) in [7, 11) is 0. The third-order valence-corrected chi connectivity index (χ3v) is 4.52. The topological polar surface area (TPSA) is 0 Å². The molecule has 0 saturated heterocycles. The van der Waals surface area contributed by atoms with Crippen molar-refractivity contribution in [3.63, 3.8) is 0 Å². The highest BCUT2D eigenvalue weighted by Gasteiger charge is 2.51. The van der Waals surface area contributed by atoms with Crippen molar-refractivity contribution in [3.05, 3.63) is 12.2 Å². The van der Waals surface area contributed by atoms with Crippen LogP contribution in [0.5, 0.6) is 0 Å². The maximum Gasteiger partial charge on any atom is 0.0668 e. The molecular weight excluding hydrogens is 199 g/mol. The van der Waals surface area contributed by atoms with Gasteiger partial charge in [0.25, 0.3) is 0 Å². The van der Waals surface area contributed by atoms with Crippen LogP contribution >= 0.6 is 27.5 Å². The minimum Gasteiger partial charge on any atom is -0.117 e. The van der Waals surface area contributed by atoms with E-state index in [4.69, 9.17) is 11.6 Å². The van der Waals surface area contributed by atoms with Crippen LogP contribution in [0.15, 0.2) is 12.2 Å². The van der Waals surface area contributed by atoms with E-state index in [9.17, 15) is 0 Å². The number of alkyl halides is 2. The van der Waals surface area contributed by atoms with Crippen molar-refractivity contribution in [2.24, 2.45) is 5.92 Å². The second-order valence-electron chi connectivity index (χ2n) is 2.86. The first kappa shape index (κ1) is 6.23. The first-order valence-corrected chi connectivity index (χ1v) is 4.54. The van der Waals surface area contributed by atoms with Crippen LogP contribution in [0.2, 0.25) is 0 Å². The van der Waals surface area contributed by atoms with E-state index < -0.39 is 0 Å². The van der Waals surface area contributed by atoms with E-state index in [1.165, 1.54) is 12.8 Å². The Labute approximate surface area is 68.4 Å². The van der Waals surface area contributed by atoms with Crippen LogP contribution in [-0.2, 0) is 0 Å². The van der Waals surface area contributed by atoms with Crippen LogP contribution in [0.25, 0.3) is 0 Å². The molecule has 2 rings (SSSR count). The maximum absolute atomic E-state index is 6.25. The SMILES string of the molecule is ClC12CCC1C=CC2Br. The van der Waals surface area contributed by atoms with Crippen LogP contribution in [0.1, 0.15) is 12.8 Å². The van der Waals surface area contributed by atoms with E-state index in [2.05, 4.69) is 28.1 Å². The lowest BCUT2D eigenvalue weighted by Crippen LogP contribution is -2.43. The Kier molecular flexibility index (Phi) is 1.22. The van der Waals surface area contributed by atoms with Gasteiger partial charge >= 0.3 is 0 Å². The molecule has 0 spiro atoms. The summed E-state index contributed by atoms with van der Waals surface area (Å²) >= 11 is 9.78. The fourth-order valence-corrected chi connectivity index (χ4v) is 2.69. The molecule has 0 radical (unpaired) electrons. The molecule has 0 nitrogen and oxygen atoms in total. The third kappa shape index (κ3) is 0.653. The first-order valence-electron chi connectivity index (χ1n) is 3.25. The molecule has 3 atom stereocenters. The average molecular weight is 207 g/mol. The fraction of sp³-hybridized carbons (Fsp3) is 0.714. The number of hydrogen-bond acceptors (Lipinski definition) is 0. The molecule has 0 N–H and O–H groups in total. The van der Waals surface area contributed by atoms with Crippen molar-refractivity contribution < 1.29 is 0 Å². The van der Waals surface area contributed by atoms with E-state index >= 15 is 0 Å². The largest absolute Gasteiger partial charge is 0.117 e. The van der Waals surface area contributed by atoms with Crippen LogP contribution in [0, 0.1) is 5.92 Å². The molecular formula is C7H8BrCl. The number of hydrogen-bond donors (Lipinski definition) is 0. The molecule has 9 heavy (non-hydrogen) atoms. The Morgan fingerprint density at radius 3 is 2.56 bits per heavy atom. The van der Waals surface area contributed by atoms with Crippen molar-refractivity contribution in [3.8, 4) is 0 Å². The van der Waals surface area contributed by atoms with Gasteiger partial charge in [-0.25, -0.2) is 0 Å². The van der Waals surface area contributed by atoms with Crippen LogP contribution in [0.3, 0.4) is 0 Å². The van der Waals surface area contributed by atoms with Gasteiger partial charge in [0.05, 0.1) is 9.70 Å². The van der Waals surface area contributed by atoms with Crippen molar-refractivity contribution in [1.29, 1.82) is 0 Å². The molecule has 3 unspecified atom stereocenters. The molecule has 2 heteroatoms. The first-order chi connectivity index (χ1) is 4.23. The number of allylic oxidation sites excluding steroid dienone is 2. The summed E-state index contributed by atoms with van der Waals surface area (Å²) in [5.74, 6) is 0.656. The molecule has 2 aliphatic rings. The maximum atomic E-state index is 6.25. The highest BCUT2D eigenvalue weighted by molar-refractivity contribution is 9.09. The molecule has 0 amide bonds. The van der Waals surface area contributed by atoms with Gasteiger partial charge < -0.3 is 0 Å². The van der Waals surface area contributed by atoms with E-state index in [0.717, 1.165) is 0 Å². The summed E-state index contributed by atoms with van der Waals surface area (Å²) < 4.78 is 0. The zero-order valence-electron chi connectivity index (χ0n) is 4.98. The average Bonchev–Trinajstić information content (AvgIpc) is 1.96. The predicted molar refractivity (Wildman–Crippen MR) is 43.2 cm³/mol. The normalized spacial score (nSPS) is 54.9. The smallest absolute Gasteiger partial charge is 0.0668 e. The van der Waals surface area contributed by atoms with Gasteiger partial charge in [-0.2, -0.15) is 0 Å². The van der Waals surface area contributed by atoms with Gasteiger partial charge in [-0.15, -0.1) is 11.6 Å². The summed E-state index contributed by atoms with van der Waals surface area (Å²) in [5, 5.41) is 0. The Balaban J connectivity index is 2.25. The summed E-state index contributed by atoms with van der Waals surface area (Å²) in [5.41, 5.74) is 0. The van der Waals surface area contributed by atoms with Crippen LogP contribution in [-0.4, -0.2) is 9.70 Å². The van der Waals surface area contributed by atoms with Crippen LogP contribution in [0.4, 0.5) is 0 Å². The number of fused-ring (bicyclic) bond motifs is 1. The van der Waals surface area contributed by atoms with E-state index in [1.807, 2.05) is 0 Å². The third-order valence-electron chi connectivity index (χ3n) is 2.43.